The van der Waals surface area contributed by atoms with Gasteiger partial charge < -0.3 is 67.1 Å². The molecule has 254 valence electrons. The third-order valence-corrected chi connectivity index (χ3v) is 4.79. The van der Waals surface area contributed by atoms with Crippen LogP contribution in [-0.4, -0.2) is 183 Å². The molecule has 0 aliphatic carbocycles. The van der Waals surface area contributed by atoms with Crippen molar-refractivity contribution < 1.29 is 71.2 Å². The van der Waals surface area contributed by atoms with Crippen LogP contribution < -0.4 is 0 Å². The zero-order valence-corrected chi connectivity index (χ0v) is 25.7. The number of hydrogen-bond donors (Lipinski definition) is 0. The van der Waals surface area contributed by atoms with Gasteiger partial charge in [-0.05, 0) is 0 Å². The fourth-order valence-electron chi connectivity index (χ4n) is 2.73. The summed E-state index contributed by atoms with van der Waals surface area (Å²) in [6, 6.07) is 0. The topological polar surface area (TPSA) is 173 Å². The van der Waals surface area contributed by atoms with Crippen LogP contribution in [0.25, 0.3) is 5.53 Å². The van der Waals surface area contributed by atoms with Crippen LogP contribution in [0.4, 0.5) is 0 Å². The number of carbonyl (C=O) groups excluding carboxylic acids is 1. The van der Waals surface area contributed by atoms with Gasteiger partial charge in [0.25, 0.3) is 0 Å². The summed E-state index contributed by atoms with van der Waals surface area (Å²) in [5.41, 5.74) is 8.15. The quantitative estimate of drug-likeness (QED) is 0.0287. The van der Waals surface area contributed by atoms with E-state index in [1.807, 2.05) is 0 Å². The molecule has 0 heterocycles. The van der Waals surface area contributed by atoms with Gasteiger partial charge >= 0.3 is 12.2 Å². The Morgan fingerprint density at radius 3 is 0.837 bits per heavy atom. The first-order valence-corrected chi connectivity index (χ1v) is 14.5. The first-order valence-electron chi connectivity index (χ1n) is 14.5. The Bertz CT molecular complexity index is 614. The summed E-state index contributed by atoms with van der Waals surface area (Å²) in [4.78, 5) is 13.4. The van der Waals surface area contributed by atoms with Crippen molar-refractivity contribution in [1.82, 2.24) is 0 Å². The van der Waals surface area contributed by atoms with Gasteiger partial charge in [-0.25, -0.2) is 4.79 Å². The van der Waals surface area contributed by atoms with Crippen LogP contribution >= 0.6 is 0 Å². The van der Waals surface area contributed by atoms with Crippen LogP contribution in [0.5, 0.6) is 0 Å². The number of esters is 1. The molecule has 0 spiro atoms. The maximum absolute atomic E-state index is 10.9. The summed E-state index contributed by atoms with van der Waals surface area (Å²) in [5.74, 6) is -0.730. The highest BCUT2D eigenvalue weighted by Crippen LogP contribution is 1.87. The highest BCUT2D eigenvalue weighted by atomic mass is 16.6. The van der Waals surface area contributed by atoms with Gasteiger partial charge in [-0.1, -0.05) is 0 Å². The maximum atomic E-state index is 10.9. The molecule has 0 aromatic heterocycles. The third-order valence-electron chi connectivity index (χ3n) is 4.79. The minimum Gasteiger partial charge on any atom is -0.455 e. The molecule has 0 saturated carbocycles. The van der Waals surface area contributed by atoms with Gasteiger partial charge in [0.2, 0.25) is 0 Å². The lowest BCUT2D eigenvalue weighted by molar-refractivity contribution is -0.140. The van der Waals surface area contributed by atoms with Crippen molar-refractivity contribution in [3.05, 3.63) is 5.53 Å². The lowest BCUT2D eigenvalue weighted by atomic mass is 10.6. The second-order valence-corrected chi connectivity index (χ2v) is 8.14. The highest BCUT2D eigenvalue weighted by molar-refractivity contribution is 6.20. The van der Waals surface area contributed by atoms with E-state index >= 15 is 0 Å². The minimum atomic E-state index is -0.730. The molecular weight excluding hydrogens is 576 g/mol. The number of rotatable bonds is 37. The van der Waals surface area contributed by atoms with Gasteiger partial charge in [0.05, 0.1) is 152 Å². The van der Waals surface area contributed by atoms with Crippen molar-refractivity contribution in [3.8, 4) is 0 Å². The highest BCUT2D eigenvalue weighted by Gasteiger charge is 2.02. The molecule has 0 saturated heterocycles. The van der Waals surface area contributed by atoms with Crippen molar-refractivity contribution in [2.45, 2.75) is 0 Å². The zero-order chi connectivity index (χ0) is 31.2. The van der Waals surface area contributed by atoms with Gasteiger partial charge in [-0.15, -0.1) is 0 Å². The van der Waals surface area contributed by atoms with E-state index in [9.17, 15) is 4.79 Å². The van der Waals surface area contributed by atoms with E-state index in [0.717, 1.165) is 0 Å². The number of carbonyl (C=O) groups is 1. The predicted octanol–water partition coefficient (Wildman–Crippen LogP) is -0.341. The average molecular weight is 629 g/mol. The molecule has 0 rings (SSSR count). The monoisotopic (exact) mass is 628 g/mol. The van der Waals surface area contributed by atoms with Crippen LogP contribution in [0.1, 0.15) is 0 Å². The number of nitrogens with zero attached hydrogens (tertiary/aromatic N) is 2. The number of hydrogen-bond acceptors (Lipinski definition) is 14. The summed E-state index contributed by atoms with van der Waals surface area (Å²) in [6.45, 7) is 11.2. The summed E-state index contributed by atoms with van der Waals surface area (Å²) >= 11 is 0. The molecule has 43 heavy (non-hydrogen) atoms. The van der Waals surface area contributed by atoms with Crippen LogP contribution in [-0.2, 0) is 66.4 Å². The van der Waals surface area contributed by atoms with E-state index in [0.29, 0.717) is 152 Å². The molecule has 0 atom stereocenters. The fourth-order valence-corrected chi connectivity index (χ4v) is 2.73. The van der Waals surface area contributed by atoms with Gasteiger partial charge in [-0.2, -0.15) is 4.79 Å². The Morgan fingerprint density at radius 2 is 0.628 bits per heavy atom. The normalized spacial score (nSPS) is 11.1. The zero-order valence-electron chi connectivity index (χ0n) is 25.7. The standard InChI is InChI=1S/C27H52N2O14/c1-31-2-3-32-4-5-33-6-7-34-8-9-35-10-11-36-12-13-37-14-15-38-16-17-39-18-19-40-20-21-41-22-23-42-24-25-43-27(30)26-29-28/h26H,2-25H2,1H3. The van der Waals surface area contributed by atoms with Crippen LogP contribution in [0.15, 0.2) is 0 Å². The third kappa shape index (κ3) is 38.3. The Labute approximate surface area is 254 Å². The first-order chi connectivity index (χ1) is 21.3. The second-order valence-electron chi connectivity index (χ2n) is 8.14. The molecular formula is C27H52N2O14. The van der Waals surface area contributed by atoms with Crippen molar-refractivity contribution >= 4 is 12.2 Å². The molecule has 0 aliphatic rings. The minimum absolute atomic E-state index is 0.0733. The van der Waals surface area contributed by atoms with Crippen LogP contribution in [0.2, 0.25) is 0 Å². The molecule has 0 unspecified atom stereocenters. The van der Waals surface area contributed by atoms with E-state index in [2.05, 4.69) is 9.53 Å². The van der Waals surface area contributed by atoms with Crippen LogP contribution in [0.3, 0.4) is 0 Å². The molecule has 0 amide bonds. The molecule has 0 bridgehead atoms. The molecule has 16 heteroatoms. The van der Waals surface area contributed by atoms with Gasteiger partial charge in [0.15, 0.2) is 0 Å². The molecule has 16 nitrogen and oxygen atoms in total. The van der Waals surface area contributed by atoms with Gasteiger partial charge in [0, 0.05) is 7.11 Å². The Morgan fingerprint density at radius 1 is 0.419 bits per heavy atom. The Hall–Kier alpha value is -1.63. The molecule has 0 aromatic rings. The number of ether oxygens (including phenoxy) is 13. The van der Waals surface area contributed by atoms with Crippen molar-refractivity contribution in [1.29, 1.82) is 0 Å². The molecule has 0 fully saturated rings. The summed E-state index contributed by atoms with van der Waals surface area (Å²) < 4.78 is 68.9. The maximum Gasteiger partial charge on any atom is 0.413 e. The van der Waals surface area contributed by atoms with Crippen LogP contribution in [0, 0.1) is 0 Å². The first kappa shape index (κ1) is 41.4. The van der Waals surface area contributed by atoms with Gasteiger partial charge in [-0.3, -0.25) is 0 Å². The van der Waals surface area contributed by atoms with Gasteiger partial charge in [0.1, 0.15) is 6.61 Å². The summed E-state index contributed by atoms with van der Waals surface area (Å²) in [5, 5.41) is 0. The second kappa shape index (κ2) is 38.4. The Kier molecular flexibility index (Phi) is 36.9. The molecule has 0 radical (unpaired) electrons. The lowest BCUT2D eigenvalue weighted by Crippen LogP contribution is -2.16. The van der Waals surface area contributed by atoms with Crippen molar-refractivity contribution in [3.63, 3.8) is 0 Å². The van der Waals surface area contributed by atoms with E-state index in [1.165, 1.54) is 0 Å². The predicted molar refractivity (Wildman–Crippen MR) is 152 cm³/mol. The van der Waals surface area contributed by atoms with Crippen molar-refractivity contribution in [2.75, 3.05) is 166 Å². The molecule has 0 N–H and O–H groups in total. The SMILES string of the molecule is COCCOCCOCCOCCOCCOCCOCCOCCOCCOCCOCCOCCOC(=O)C=[N+]=[N-]. The fraction of sp³-hybridized carbons (Fsp3) is 0.926. The van der Waals surface area contributed by atoms with Crippen molar-refractivity contribution in [2.24, 2.45) is 0 Å². The Balaban J connectivity index is 3.06. The molecule has 0 aliphatic heterocycles. The average Bonchev–Trinajstić information content (AvgIpc) is 3.01. The van der Waals surface area contributed by atoms with E-state index in [4.69, 9.17) is 62.4 Å². The summed E-state index contributed by atoms with van der Waals surface area (Å²) in [7, 11) is 1.64. The largest absolute Gasteiger partial charge is 0.455 e. The smallest absolute Gasteiger partial charge is 0.413 e. The van der Waals surface area contributed by atoms with E-state index in [1.54, 1.807) is 7.11 Å². The lowest BCUT2D eigenvalue weighted by Gasteiger charge is -2.09. The van der Waals surface area contributed by atoms with E-state index in [-0.39, 0.29) is 13.2 Å². The summed E-state index contributed by atoms with van der Waals surface area (Å²) in [6.07, 6.45) is 0.669. The van der Waals surface area contributed by atoms with E-state index < -0.39 is 5.97 Å². The number of methoxy groups -OCH3 is 1. The molecule has 0 aromatic carbocycles.